The number of carboxylic acid groups (broad SMARTS) is 1. The molecule has 0 aromatic heterocycles. The van der Waals surface area contributed by atoms with Gasteiger partial charge in [-0.3, -0.25) is 9.59 Å². The Bertz CT molecular complexity index is 191. The van der Waals surface area contributed by atoms with Gasteiger partial charge in [-0.1, -0.05) is 20.3 Å². The lowest BCUT2D eigenvalue weighted by Crippen LogP contribution is -2.41. The van der Waals surface area contributed by atoms with E-state index in [0.717, 1.165) is 6.42 Å². The van der Waals surface area contributed by atoms with Crippen molar-refractivity contribution in [2.24, 2.45) is 11.7 Å². The Morgan fingerprint density at radius 3 is 2.23 bits per heavy atom. The van der Waals surface area contributed by atoms with Gasteiger partial charge in [0.25, 0.3) is 0 Å². The van der Waals surface area contributed by atoms with Crippen molar-refractivity contribution in [1.82, 2.24) is 0 Å². The lowest BCUT2D eigenvalue weighted by Gasteiger charge is -2.17. The number of carboxylic acids is 1. The standard InChI is InChI=1S/C9H17NO3/c1-3-5-6(7(11)4-2)8(10)9(12)13/h6,8H,3-5,10H2,1-2H3,(H,12,13). The first kappa shape index (κ1) is 12.1. The molecule has 3 N–H and O–H groups in total. The van der Waals surface area contributed by atoms with Crippen LogP contribution < -0.4 is 5.73 Å². The molecule has 0 spiro atoms. The van der Waals surface area contributed by atoms with Gasteiger partial charge in [0, 0.05) is 12.3 Å². The number of nitrogens with two attached hydrogens (primary N) is 1. The van der Waals surface area contributed by atoms with Crippen molar-refractivity contribution in [3.05, 3.63) is 0 Å². The van der Waals surface area contributed by atoms with E-state index in [1.807, 2.05) is 6.92 Å². The molecular weight excluding hydrogens is 170 g/mol. The van der Waals surface area contributed by atoms with Crippen molar-refractivity contribution >= 4 is 11.8 Å². The Balaban J connectivity index is 4.40. The van der Waals surface area contributed by atoms with Crippen molar-refractivity contribution in [3.8, 4) is 0 Å². The Morgan fingerprint density at radius 2 is 1.92 bits per heavy atom. The summed E-state index contributed by atoms with van der Waals surface area (Å²) in [6.07, 6.45) is 1.68. The van der Waals surface area contributed by atoms with E-state index in [-0.39, 0.29) is 5.78 Å². The van der Waals surface area contributed by atoms with Crippen LogP contribution >= 0.6 is 0 Å². The van der Waals surface area contributed by atoms with Gasteiger partial charge in [0.1, 0.15) is 11.8 Å². The molecule has 0 radical (unpaired) electrons. The van der Waals surface area contributed by atoms with Crippen LogP contribution in [-0.2, 0) is 9.59 Å². The zero-order valence-electron chi connectivity index (χ0n) is 8.12. The van der Waals surface area contributed by atoms with Crippen LogP contribution in [0.3, 0.4) is 0 Å². The van der Waals surface area contributed by atoms with E-state index in [1.165, 1.54) is 0 Å². The van der Waals surface area contributed by atoms with E-state index in [2.05, 4.69) is 0 Å². The average Bonchev–Trinajstić information content (AvgIpc) is 2.11. The minimum atomic E-state index is -1.10. The second-order valence-corrected chi connectivity index (χ2v) is 3.08. The summed E-state index contributed by atoms with van der Waals surface area (Å²) in [5.41, 5.74) is 5.40. The molecule has 2 atom stereocenters. The Hall–Kier alpha value is -0.900. The number of hydrogen-bond donors (Lipinski definition) is 2. The van der Waals surface area contributed by atoms with Crippen LogP contribution in [0.25, 0.3) is 0 Å². The number of carbonyl (C=O) groups is 2. The van der Waals surface area contributed by atoms with Crippen LogP contribution in [-0.4, -0.2) is 22.9 Å². The molecule has 0 aliphatic rings. The van der Waals surface area contributed by atoms with E-state index < -0.39 is 17.9 Å². The molecule has 4 heteroatoms. The lowest BCUT2D eigenvalue weighted by molar-refractivity contribution is -0.142. The summed E-state index contributed by atoms with van der Waals surface area (Å²) in [6, 6.07) is -1.05. The molecule has 0 heterocycles. The fraction of sp³-hybridized carbons (Fsp3) is 0.778. The van der Waals surface area contributed by atoms with Gasteiger partial charge in [-0.15, -0.1) is 0 Å². The molecule has 0 fully saturated rings. The Kier molecular flexibility index (Phi) is 5.30. The zero-order chi connectivity index (χ0) is 10.4. The van der Waals surface area contributed by atoms with Crippen molar-refractivity contribution in [3.63, 3.8) is 0 Å². The topological polar surface area (TPSA) is 80.4 Å². The van der Waals surface area contributed by atoms with Crippen LogP contribution in [0.5, 0.6) is 0 Å². The van der Waals surface area contributed by atoms with Crippen molar-refractivity contribution in [1.29, 1.82) is 0 Å². The number of Topliss-reactive ketones (excluding diaryl/α,β-unsaturated/α-hetero) is 1. The molecule has 0 aliphatic carbocycles. The molecule has 0 aromatic carbocycles. The van der Waals surface area contributed by atoms with Gasteiger partial charge in [-0.25, -0.2) is 0 Å². The highest BCUT2D eigenvalue weighted by atomic mass is 16.4. The van der Waals surface area contributed by atoms with Crippen molar-refractivity contribution < 1.29 is 14.7 Å². The van der Waals surface area contributed by atoms with Gasteiger partial charge in [-0.05, 0) is 6.42 Å². The monoisotopic (exact) mass is 187 g/mol. The minimum absolute atomic E-state index is 0.0586. The number of ketones is 1. The third-order valence-electron chi connectivity index (χ3n) is 2.08. The lowest BCUT2D eigenvalue weighted by atomic mass is 9.90. The second kappa shape index (κ2) is 5.70. The van der Waals surface area contributed by atoms with Crippen LogP contribution in [0.15, 0.2) is 0 Å². The van der Waals surface area contributed by atoms with Crippen LogP contribution in [0.2, 0.25) is 0 Å². The SMILES string of the molecule is CCCC(C(=O)CC)C(N)C(=O)O. The first-order chi connectivity index (χ1) is 6.04. The number of aliphatic carboxylic acids is 1. The van der Waals surface area contributed by atoms with Gasteiger partial charge in [-0.2, -0.15) is 0 Å². The van der Waals surface area contributed by atoms with Gasteiger partial charge < -0.3 is 10.8 Å². The summed E-state index contributed by atoms with van der Waals surface area (Å²) in [6.45, 7) is 3.63. The summed E-state index contributed by atoms with van der Waals surface area (Å²) < 4.78 is 0. The molecule has 0 rings (SSSR count). The number of carbonyl (C=O) groups excluding carboxylic acids is 1. The molecular formula is C9H17NO3. The highest BCUT2D eigenvalue weighted by Crippen LogP contribution is 2.13. The van der Waals surface area contributed by atoms with Crippen molar-refractivity contribution in [2.75, 3.05) is 0 Å². The van der Waals surface area contributed by atoms with Crippen molar-refractivity contribution in [2.45, 2.75) is 39.2 Å². The molecule has 76 valence electrons. The third-order valence-corrected chi connectivity index (χ3v) is 2.08. The molecule has 13 heavy (non-hydrogen) atoms. The predicted molar refractivity (Wildman–Crippen MR) is 49.3 cm³/mol. The molecule has 0 aliphatic heterocycles. The molecule has 0 bridgehead atoms. The quantitative estimate of drug-likeness (QED) is 0.644. The number of rotatable bonds is 6. The summed E-state index contributed by atoms with van der Waals surface area (Å²) in [4.78, 5) is 21.9. The van der Waals surface area contributed by atoms with E-state index >= 15 is 0 Å². The van der Waals surface area contributed by atoms with Crippen LogP contribution in [0.1, 0.15) is 33.1 Å². The largest absolute Gasteiger partial charge is 0.480 e. The van der Waals surface area contributed by atoms with E-state index in [9.17, 15) is 9.59 Å². The minimum Gasteiger partial charge on any atom is -0.480 e. The molecule has 2 unspecified atom stereocenters. The normalized spacial score (nSPS) is 15.0. The van der Waals surface area contributed by atoms with E-state index in [4.69, 9.17) is 10.8 Å². The highest BCUT2D eigenvalue weighted by molar-refractivity contribution is 5.87. The molecule has 0 amide bonds. The van der Waals surface area contributed by atoms with Crippen LogP contribution in [0, 0.1) is 5.92 Å². The first-order valence-corrected chi connectivity index (χ1v) is 4.55. The average molecular weight is 187 g/mol. The maximum atomic E-state index is 11.3. The van der Waals surface area contributed by atoms with Gasteiger partial charge in [0.05, 0.1) is 0 Å². The number of hydrogen-bond acceptors (Lipinski definition) is 3. The van der Waals surface area contributed by atoms with E-state index in [0.29, 0.717) is 12.8 Å². The summed E-state index contributed by atoms with van der Waals surface area (Å²) in [7, 11) is 0. The van der Waals surface area contributed by atoms with Crippen LogP contribution in [0.4, 0.5) is 0 Å². The van der Waals surface area contributed by atoms with E-state index in [1.54, 1.807) is 6.92 Å². The molecule has 0 saturated carbocycles. The van der Waals surface area contributed by atoms with Gasteiger partial charge in [0.15, 0.2) is 0 Å². The summed E-state index contributed by atoms with van der Waals surface area (Å²) in [5, 5.41) is 8.65. The molecule has 4 nitrogen and oxygen atoms in total. The third kappa shape index (κ3) is 3.55. The second-order valence-electron chi connectivity index (χ2n) is 3.08. The predicted octanol–water partition coefficient (Wildman–Crippen LogP) is 0.794. The smallest absolute Gasteiger partial charge is 0.321 e. The highest BCUT2D eigenvalue weighted by Gasteiger charge is 2.28. The maximum absolute atomic E-state index is 11.3. The fourth-order valence-corrected chi connectivity index (χ4v) is 1.29. The Labute approximate surface area is 78.1 Å². The summed E-state index contributed by atoms with van der Waals surface area (Å²) in [5.74, 6) is -1.68. The molecule has 0 saturated heterocycles. The zero-order valence-corrected chi connectivity index (χ0v) is 8.12. The van der Waals surface area contributed by atoms with Gasteiger partial charge >= 0.3 is 5.97 Å². The van der Waals surface area contributed by atoms with Gasteiger partial charge in [0.2, 0.25) is 0 Å². The summed E-state index contributed by atoms with van der Waals surface area (Å²) >= 11 is 0. The fourth-order valence-electron chi connectivity index (χ4n) is 1.29. The maximum Gasteiger partial charge on any atom is 0.321 e. The Morgan fingerprint density at radius 1 is 1.38 bits per heavy atom. The molecule has 0 aromatic rings. The first-order valence-electron chi connectivity index (χ1n) is 4.55.